The average Bonchev–Trinajstić information content (AvgIpc) is 2.15. The molecule has 0 aromatic heterocycles. The van der Waals surface area contributed by atoms with E-state index in [0.717, 1.165) is 5.56 Å². The molecule has 0 heterocycles. The number of carboxylic acid groups (broad SMARTS) is 2. The largest absolute Gasteiger partial charge is 0.481 e. The third-order valence-corrected chi connectivity index (χ3v) is 2.37. The Bertz CT molecular complexity index is 421. The maximum absolute atomic E-state index is 10.9. The quantitative estimate of drug-likeness (QED) is 0.818. The van der Waals surface area contributed by atoms with E-state index in [1.54, 1.807) is 12.1 Å². The van der Waals surface area contributed by atoms with Crippen LogP contribution in [0.2, 0.25) is 0 Å². The van der Waals surface area contributed by atoms with Gasteiger partial charge in [-0.1, -0.05) is 26.0 Å². The minimum absolute atomic E-state index is 0.0619. The predicted octanol–water partition coefficient (Wildman–Crippen LogP) is 2.14. The highest BCUT2D eigenvalue weighted by molar-refractivity contribution is 5.91. The number of aliphatic carboxylic acids is 1. The van der Waals surface area contributed by atoms with Crippen LogP contribution in [0.5, 0.6) is 0 Å². The highest BCUT2D eigenvalue weighted by atomic mass is 16.4. The molecule has 0 atom stereocenters. The summed E-state index contributed by atoms with van der Waals surface area (Å²) in [5.74, 6) is -1.87. The molecule has 4 nitrogen and oxygen atoms in total. The number of hydrogen-bond acceptors (Lipinski definition) is 2. The predicted molar refractivity (Wildman–Crippen MR) is 58.8 cm³/mol. The fraction of sp³-hybridized carbons (Fsp3) is 0.333. The van der Waals surface area contributed by atoms with Gasteiger partial charge in [0.05, 0.1) is 12.0 Å². The van der Waals surface area contributed by atoms with Crippen LogP contribution in [0.4, 0.5) is 0 Å². The lowest BCUT2D eigenvalue weighted by Crippen LogP contribution is -2.08. The third-order valence-electron chi connectivity index (χ3n) is 2.37. The van der Waals surface area contributed by atoms with E-state index in [2.05, 4.69) is 0 Å². The first kappa shape index (κ1) is 12.2. The lowest BCUT2D eigenvalue weighted by Gasteiger charge is -2.09. The molecule has 1 rings (SSSR count). The summed E-state index contributed by atoms with van der Waals surface area (Å²) < 4.78 is 0. The van der Waals surface area contributed by atoms with Crippen LogP contribution in [0.15, 0.2) is 18.2 Å². The first-order valence-corrected chi connectivity index (χ1v) is 4.99. The van der Waals surface area contributed by atoms with Crippen LogP contribution >= 0.6 is 0 Å². The standard InChI is InChI=1S/C12H14O4/c1-7(2)8-3-4-10(12(15)16)9(5-8)6-11(13)14/h3-5,7H,6H2,1-2H3,(H,13,14)(H,15,16). The lowest BCUT2D eigenvalue weighted by molar-refractivity contribution is -0.136. The molecule has 0 fully saturated rings. The van der Waals surface area contributed by atoms with Crippen molar-refractivity contribution in [3.8, 4) is 0 Å². The summed E-state index contributed by atoms with van der Waals surface area (Å²) in [6.07, 6.45) is -0.262. The summed E-state index contributed by atoms with van der Waals surface area (Å²) in [5.41, 5.74) is 1.36. The van der Waals surface area contributed by atoms with Gasteiger partial charge in [-0.2, -0.15) is 0 Å². The molecule has 0 radical (unpaired) electrons. The molecule has 0 amide bonds. The molecule has 0 aliphatic heterocycles. The van der Waals surface area contributed by atoms with Gasteiger partial charge in [0.2, 0.25) is 0 Å². The molecule has 2 N–H and O–H groups in total. The van der Waals surface area contributed by atoms with Gasteiger partial charge >= 0.3 is 11.9 Å². The van der Waals surface area contributed by atoms with Crippen molar-refractivity contribution in [3.63, 3.8) is 0 Å². The Morgan fingerprint density at radius 3 is 2.31 bits per heavy atom. The molecular formula is C12H14O4. The zero-order valence-corrected chi connectivity index (χ0v) is 9.23. The molecular weight excluding hydrogens is 208 g/mol. The summed E-state index contributed by atoms with van der Waals surface area (Å²) in [6, 6.07) is 4.84. The Labute approximate surface area is 93.5 Å². The second kappa shape index (κ2) is 4.79. The Morgan fingerprint density at radius 2 is 1.88 bits per heavy atom. The fourth-order valence-corrected chi connectivity index (χ4v) is 1.49. The highest BCUT2D eigenvalue weighted by Gasteiger charge is 2.14. The SMILES string of the molecule is CC(C)c1ccc(C(=O)O)c(CC(=O)O)c1. The fourth-order valence-electron chi connectivity index (χ4n) is 1.49. The van der Waals surface area contributed by atoms with Gasteiger partial charge in [0.15, 0.2) is 0 Å². The van der Waals surface area contributed by atoms with Gasteiger partial charge in [-0.3, -0.25) is 4.79 Å². The summed E-state index contributed by atoms with van der Waals surface area (Å²) >= 11 is 0. The summed E-state index contributed by atoms with van der Waals surface area (Å²) in [5, 5.41) is 17.6. The van der Waals surface area contributed by atoms with E-state index >= 15 is 0 Å². The first-order valence-electron chi connectivity index (χ1n) is 4.99. The van der Waals surface area contributed by atoms with Gasteiger partial charge in [-0.05, 0) is 23.1 Å². The van der Waals surface area contributed by atoms with Crippen molar-refractivity contribution in [1.82, 2.24) is 0 Å². The van der Waals surface area contributed by atoms with Crippen LogP contribution < -0.4 is 0 Å². The number of carbonyl (C=O) groups is 2. The lowest BCUT2D eigenvalue weighted by atomic mass is 9.96. The number of aromatic carboxylic acids is 1. The van der Waals surface area contributed by atoms with Gasteiger partial charge in [0, 0.05) is 0 Å². The van der Waals surface area contributed by atoms with E-state index in [9.17, 15) is 9.59 Å². The number of hydrogen-bond donors (Lipinski definition) is 2. The summed E-state index contributed by atoms with van der Waals surface area (Å²) in [7, 11) is 0. The molecule has 86 valence electrons. The summed E-state index contributed by atoms with van der Waals surface area (Å²) in [4.78, 5) is 21.5. The van der Waals surface area contributed by atoms with Crippen LogP contribution in [0.3, 0.4) is 0 Å². The van der Waals surface area contributed by atoms with E-state index in [-0.39, 0.29) is 17.9 Å². The minimum Gasteiger partial charge on any atom is -0.481 e. The highest BCUT2D eigenvalue weighted by Crippen LogP contribution is 2.19. The van der Waals surface area contributed by atoms with E-state index < -0.39 is 11.9 Å². The zero-order valence-electron chi connectivity index (χ0n) is 9.23. The van der Waals surface area contributed by atoms with Crippen molar-refractivity contribution in [3.05, 3.63) is 34.9 Å². The molecule has 0 bridgehead atoms. The number of benzene rings is 1. The van der Waals surface area contributed by atoms with Crippen molar-refractivity contribution in [2.45, 2.75) is 26.2 Å². The molecule has 16 heavy (non-hydrogen) atoms. The van der Waals surface area contributed by atoms with Crippen LogP contribution in [0.1, 0.15) is 41.3 Å². The first-order chi connectivity index (χ1) is 7.41. The Hall–Kier alpha value is -1.84. The maximum Gasteiger partial charge on any atom is 0.335 e. The van der Waals surface area contributed by atoms with Gasteiger partial charge < -0.3 is 10.2 Å². The monoisotopic (exact) mass is 222 g/mol. The molecule has 4 heteroatoms. The van der Waals surface area contributed by atoms with Crippen LogP contribution in [0, 0.1) is 0 Å². The van der Waals surface area contributed by atoms with E-state index in [0.29, 0.717) is 5.56 Å². The molecule has 0 unspecified atom stereocenters. The van der Waals surface area contributed by atoms with Crippen molar-refractivity contribution >= 4 is 11.9 Å². The van der Waals surface area contributed by atoms with Crippen molar-refractivity contribution in [2.24, 2.45) is 0 Å². The smallest absolute Gasteiger partial charge is 0.335 e. The topological polar surface area (TPSA) is 74.6 Å². The van der Waals surface area contributed by atoms with Crippen molar-refractivity contribution < 1.29 is 19.8 Å². The van der Waals surface area contributed by atoms with Crippen LogP contribution in [-0.2, 0) is 11.2 Å². The molecule has 1 aromatic carbocycles. The minimum atomic E-state index is -1.09. The zero-order chi connectivity index (χ0) is 12.3. The Morgan fingerprint density at radius 1 is 1.25 bits per heavy atom. The van der Waals surface area contributed by atoms with E-state index in [1.807, 2.05) is 13.8 Å². The normalized spacial score (nSPS) is 10.4. The van der Waals surface area contributed by atoms with Crippen molar-refractivity contribution in [1.29, 1.82) is 0 Å². The molecule has 0 aliphatic carbocycles. The van der Waals surface area contributed by atoms with Gasteiger partial charge in [-0.25, -0.2) is 4.79 Å². The van der Waals surface area contributed by atoms with Crippen molar-refractivity contribution in [2.75, 3.05) is 0 Å². The van der Waals surface area contributed by atoms with Crippen LogP contribution in [0.25, 0.3) is 0 Å². The maximum atomic E-state index is 10.9. The third kappa shape index (κ3) is 2.82. The van der Waals surface area contributed by atoms with Gasteiger partial charge in [-0.15, -0.1) is 0 Å². The van der Waals surface area contributed by atoms with Gasteiger partial charge in [0.25, 0.3) is 0 Å². The van der Waals surface area contributed by atoms with E-state index in [1.165, 1.54) is 6.07 Å². The molecule has 0 saturated carbocycles. The number of carboxylic acids is 2. The second-order valence-electron chi connectivity index (χ2n) is 3.95. The molecule has 1 aromatic rings. The number of rotatable bonds is 4. The average molecular weight is 222 g/mol. The molecule has 0 aliphatic rings. The van der Waals surface area contributed by atoms with Gasteiger partial charge in [0.1, 0.15) is 0 Å². The summed E-state index contributed by atoms with van der Waals surface area (Å²) in [6.45, 7) is 3.95. The Balaban J connectivity index is 3.20. The van der Waals surface area contributed by atoms with E-state index in [4.69, 9.17) is 10.2 Å². The second-order valence-corrected chi connectivity index (χ2v) is 3.95. The Kier molecular flexibility index (Phi) is 3.66. The molecule has 0 saturated heterocycles. The molecule has 0 spiro atoms. The van der Waals surface area contributed by atoms with Crippen LogP contribution in [-0.4, -0.2) is 22.2 Å².